The molecule has 154 valence electrons. The van der Waals surface area contributed by atoms with Gasteiger partial charge in [0.25, 0.3) is 5.91 Å². The van der Waals surface area contributed by atoms with Crippen LogP contribution in [0.5, 0.6) is 0 Å². The summed E-state index contributed by atoms with van der Waals surface area (Å²) in [5.41, 5.74) is 1.31. The highest BCUT2D eigenvalue weighted by molar-refractivity contribution is 7.91. The SMILES string of the molecule is CCS(=O)(=O)c1ccc(C(=O)N(CCCN(C)C)c2nc3ccccc3s2)cc1. The van der Waals surface area contributed by atoms with E-state index >= 15 is 0 Å². The predicted octanol–water partition coefficient (Wildman–Crippen LogP) is 3.69. The summed E-state index contributed by atoms with van der Waals surface area (Å²) in [6, 6.07) is 14.0. The molecule has 0 aliphatic carbocycles. The van der Waals surface area contributed by atoms with E-state index in [0.717, 1.165) is 23.2 Å². The van der Waals surface area contributed by atoms with Crippen molar-refractivity contribution >= 4 is 42.4 Å². The number of hydrogen-bond donors (Lipinski definition) is 0. The van der Waals surface area contributed by atoms with E-state index in [-0.39, 0.29) is 16.6 Å². The maximum Gasteiger partial charge on any atom is 0.260 e. The van der Waals surface area contributed by atoms with E-state index in [1.54, 1.807) is 24.0 Å². The van der Waals surface area contributed by atoms with Crippen LogP contribution < -0.4 is 4.90 Å². The van der Waals surface area contributed by atoms with Gasteiger partial charge in [-0.2, -0.15) is 0 Å². The van der Waals surface area contributed by atoms with Crippen LogP contribution in [0.1, 0.15) is 23.7 Å². The zero-order chi connectivity index (χ0) is 21.0. The number of amides is 1. The molecular weight excluding hydrogens is 406 g/mol. The molecule has 3 rings (SSSR count). The van der Waals surface area contributed by atoms with Crippen LogP contribution in [0.4, 0.5) is 5.13 Å². The molecule has 0 atom stereocenters. The number of aromatic nitrogens is 1. The van der Waals surface area contributed by atoms with Gasteiger partial charge in [-0.3, -0.25) is 9.69 Å². The quantitative estimate of drug-likeness (QED) is 0.544. The molecule has 0 bridgehead atoms. The Morgan fingerprint density at radius 3 is 2.34 bits per heavy atom. The van der Waals surface area contributed by atoms with Crippen LogP contribution in [-0.2, 0) is 9.84 Å². The van der Waals surface area contributed by atoms with Gasteiger partial charge in [0.15, 0.2) is 15.0 Å². The normalized spacial score (nSPS) is 11.9. The van der Waals surface area contributed by atoms with Crippen molar-refractivity contribution in [3.8, 4) is 0 Å². The van der Waals surface area contributed by atoms with Crippen LogP contribution >= 0.6 is 11.3 Å². The fourth-order valence-electron chi connectivity index (χ4n) is 2.93. The highest BCUT2D eigenvalue weighted by Gasteiger charge is 2.22. The van der Waals surface area contributed by atoms with Crippen molar-refractivity contribution in [3.05, 3.63) is 54.1 Å². The Bertz CT molecular complexity index is 1060. The van der Waals surface area contributed by atoms with Gasteiger partial charge in [-0.25, -0.2) is 13.4 Å². The average Bonchev–Trinajstić information content (AvgIpc) is 3.14. The highest BCUT2D eigenvalue weighted by atomic mass is 32.2. The monoisotopic (exact) mass is 431 g/mol. The van der Waals surface area contributed by atoms with Gasteiger partial charge in [-0.15, -0.1) is 0 Å². The van der Waals surface area contributed by atoms with Gasteiger partial charge in [0.05, 0.1) is 20.9 Å². The third-order valence-electron chi connectivity index (χ3n) is 4.59. The summed E-state index contributed by atoms with van der Waals surface area (Å²) in [6.07, 6.45) is 0.803. The van der Waals surface area contributed by atoms with Crippen LogP contribution in [0.15, 0.2) is 53.4 Å². The molecule has 0 aliphatic rings. The van der Waals surface area contributed by atoms with E-state index in [1.165, 1.54) is 23.5 Å². The molecule has 0 spiro atoms. The molecule has 0 unspecified atom stereocenters. The Morgan fingerprint density at radius 1 is 1.03 bits per heavy atom. The van der Waals surface area contributed by atoms with E-state index in [0.29, 0.717) is 17.2 Å². The molecule has 1 aromatic heterocycles. The summed E-state index contributed by atoms with van der Waals surface area (Å²) >= 11 is 1.48. The van der Waals surface area contributed by atoms with Crippen molar-refractivity contribution < 1.29 is 13.2 Å². The lowest BCUT2D eigenvalue weighted by atomic mass is 10.2. The first-order valence-electron chi connectivity index (χ1n) is 9.47. The molecule has 6 nitrogen and oxygen atoms in total. The van der Waals surface area contributed by atoms with Crippen molar-refractivity contribution in [1.29, 1.82) is 0 Å². The smallest absolute Gasteiger partial charge is 0.260 e. The third kappa shape index (κ3) is 5.01. The molecule has 1 heterocycles. The van der Waals surface area contributed by atoms with E-state index < -0.39 is 9.84 Å². The van der Waals surface area contributed by atoms with Crippen molar-refractivity contribution in [2.75, 3.05) is 37.8 Å². The number of sulfone groups is 1. The van der Waals surface area contributed by atoms with E-state index in [1.807, 2.05) is 38.4 Å². The van der Waals surface area contributed by atoms with Crippen molar-refractivity contribution in [1.82, 2.24) is 9.88 Å². The average molecular weight is 432 g/mol. The molecule has 29 heavy (non-hydrogen) atoms. The Morgan fingerprint density at radius 2 is 1.72 bits per heavy atom. The van der Waals surface area contributed by atoms with Crippen molar-refractivity contribution in [3.63, 3.8) is 0 Å². The van der Waals surface area contributed by atoms with Gasteiger partial charge >= 0.3 is 0 Å². The zero-order valence-corrected chi connectivity index (χ0v) is 18.5. The van der Waals surface area contributed by atoms with Crippen LogP contribution in [0.2, 0.25) is 0 Å². The molecule has 0 saturated carbocycles. The summed E-state index contributed by atoms with van der Waals surface area (Å²) < 4.78 is 25.1. The molecule has 0 saturated heterocycles. The molecule has 1 amide bonds. The molecule has 0 fully saturated rings. The summed E-state index contributed by atoms with van der Waals surface area (Å²) in [5, 5.41) is 0.653. The van der Waals surface area contributed by atoms with Gasteiger partial charge in [0.2, 0.25) is 0 Å². The van der Waals surface area contributed by atoms with E-state index in [4.69, 9.17) is 0 Å². The predicted molar refractivity (Wildman–Crippen MR) is 119 cm³/mol. The minimum absolute atomic E-state index is 0.0304. The van der Waals surface area contributed by atoms with Crippen molar-refractivity contribution in [2.24, 2.45) is 0 Å². The van der Waals surface area contributed by atoms with Gasteiger partial charge in [0, 0.05) is 12.1 Å². The van der Waals surface area contributed by atoms with Crippen LogP contribution in [0.3, 0.4) is 0 Å². The largest absolute Gasteiger partial charge is 0.309 e. The van der Waals surface area contributed by atoms with Gasteiger partial charge in [-0.05, 0) is 63.5 Å². The molecule has 3 aromatic rings. The van der Waals surface area contributed by atoms with Gasteiger partial charge < -0.3 is 4.90 Å². The number of fused-ring (bicyclic) bond motifs is 1. The molecule has 2 aromatic carbocycles. The number of thiazole rings is 1. The maximum atomic E-state index is 13.3. The number of anilines is 1. The topological polar surface area (TPSA) is 70.6 Å². The number of rotatable bonds is 8. The Balaban J connectivity index is 1.91. The second-order valence-corrected chi connectivity index (χ2v) is 10.3. The number of hydrogen-bond acceptors (Lipinski definition) is 6. The van der Waals surface area contributed by atoms with Gasteiger partial charge in [-0.1, -0.05) is 30.4 Å². The Kier molecular flexibility index (Phi) is 6.66. The summed E-state index contributed by atoms with van der Waals surface area (Å²) in [6.45, 7) is 2.99. The lowest BCUT2D eigenvalue weighted by Crippen LogP contribution is -2.33. The zero-order valence-electron chi connectivity index (χ0n) is 16.8. The van der Waals surface area contributed by atoms with E-state index in [9.17, 15) is 13.2 Å². The molecular formula is C21H25N3O3S2. The third-order valence-corrected chi connectivity index (χ3v) is 7.40. The molecule has 0 radical (unpaired) electrons. The summed E-state index contributed by atoms with van der Waals surface area (Å²) in [5.74, 6) is -0.147. The standard InChI is InChI=1S/C21H25N3O3S2/c1-4-29(26,27)17-12-10-16(11-13-17)20(25)24(15-7-14-23(2)3)21-22-18-8-5-6-9-19(18)28-21/h5-6,8-13H,4,7,14-15H2,1-3H3. The fourth-order valence-corrected chi connectivity index (χ4v) is 4.81. The second kappa shape index (κ2) is 9.02. The number of carbonyl (C=O) groups is 1. The number of nitrogens with zero attached hydrogens (tertiary/aromatic N) is 3. The second-order valence-electron chi connectivity index (χ2n) is 7.01. The number of para-hydroxylation sites is 1. The van der Waals surface area contributed by atoms with E-state index in [2.05, 4.69) is 9.88 Å². The first kappa shape index (κ1) is 21.4. The number of carbonyl (C=O) groups excluding carboxylic acids is 1. The maximum absolute atomic E-state index is 13.3. The molecule has 0 N–H and O–H groups in total. The van der Waals surface area contributed by atoms with Crippen LogP contribution in [0, 0.1) is 0 Å². The van der Waals surface area contributed by atoms with Crippen LogP contribution in [0.25, 0.3) is 10.2 Å². The minimum Gasteiger partial charge on any atom is -0.309 e. The summed E-state index contributed by atoms with van der Waals surface area (Å²) in [7, 11) is 0.699. The first-order chi connectivity index (χ1) is 13.8. The summed E-state index contributed by atoms with van der Waals surface area (Å²) in [4.78, 5) is 21.9. The van der Waals surface area contributed by atoms with Gasteiger partial charge in [0.1, 0.15) is 0 Å². The Hall–Kier alpha value is -2.29. The lowest BCUT2D eigenvalue weighted by Gasteiger charge is -2.21. The first-order valence-corrected chi connectivity index (χ1v) is 11.9. The number of benzene rings is 2. The highest BCUT2D eigenvalue weighted by Crippen LogP contribution is 2.30. The van der Waals surface area contributed by atoms with Crippen LogP contribution in [-0.4, -0.2) is 57.1 Å². The molecule has 0 aliphatic heterocycles. The minimum atomic E-state index is -3.29. The fraction of sp³-hybridized carbons (Fsp3) is 0.333. The van der Waals surface area contributed by atoms with Crippen molar-refractivity contribution in [2.45, 2.75) is 18.2 Å². The lowest BCUT2D eigenvalue weighted by molar-refractivity contribution is 0.0986. The Labute approximate surface area is 175 Å². The molecule has 8 heteroatoms.